The molecule has 0 saturated carbocycles. The van der Waals surface area contributed by atoms with Gasteiger partial charge in [0.15, 0.2) is 5.16 Å². The van der Waals surface area contributed by atoms with Crippen LogP contribution < -0.4 is 16.8 Å². The monoisotopic (exact) mass is 378 g/mol. The SMILES string of the molecule is Nc1nc(N)nc(SCC(=O)Nc2c(Cl)cccc2C(F)(F)F)n1. The molecule has 0 aliphatic rings. The summed E-state index contributed by atoms with van der Waals surface area (Å²) in [5.74, 6) is -1.26. The summed E-state index contributed by atoms with van der Waals surface area (Å²) < 4.78 is 38.8. The first kappa shape index (κ1) is 18.1. The van der Waals surface area contributed by atoms with Crippen LogP contribution in [0.2, 0.25) is 5.02 Å². The summed E-state index contributed by atoms with van der Waals surface area (Å²) >= 11 is 6.59. The van der Waals surface area contributed by atoms with E-state index in [9.17, 15) is 18.0 Å². The minimum absolute atomic E-state index is 0.0744. The van der Waals surface area contributed by atoms with Crippen LogP contribution in [-0.4, -0.2) is 26.6 Å². The number of hydrogen-bond acceptors (Lipinski definition) is 7. The molecule has 2 rings (SSSR count). The third kappa shape index (κ3) is 4.61. The van der Waals surface area contributed by atoms with E-state index in [2.05, 4.69) is 20.3 Å². The molecule has 2 aromatic rings. The first-order valence-electron chi connectivity index (χ1n) is 6.22. The number of hydrogen-bond donors (Lipinski definition) is 3. The quantitative estimate of drug-likeness (QED) is 0.699. The van der Waals surface area contributed by atoms with Crippen molar-refractivity contribution >= 4 is 46.9 Å². The minimum Gasteiger partial charge on any atom is -0.368 e. The highest BCUT2D eigenvalue weighted by Crippen LogP contribution is 2.38. The van der Waals surface area contributed by atoms with Gasteiger partial charge in [0, 0.05) is 0 Å². The average Bonchev–Trinajstić information content (AvgIpc) is 2.45. The van der Waals surface area contributed by atoms with Crippen LogP contribution >= 0.6 is 23.4 Å². The maximum Gasteiger partial charge on any atom is 0.418 e. The number of alkyl halides is 3. The molecule has 7 nitrogen and oxygen atoms in total. The Labute approximate surface area is 143 Å². The summed E-state index contributed by atoms with van der Waals surface area (Å²) in [5, 5.41) is 1.99. The number of carbonyl (C=O) groups is 1. The molecule has 0 aliphatic heterocycles. The van der Waals surface area contributed by atoms with Crippen molar-refractivity contribution in [3.8, 4) is 0 Å². The lowest BCUT2D eigenvalue weighted by molar-refractivity contribution is -0.137. The van der Waals surface area contributed by atoms with Crippen LogP contribution in [0.1, 0.15) is 5.56 Å². The Hall–Kier alpha value is -2.27. The van der Waals surface area contributed by atoms with Crippen LogP contribution in [-0.2, 0) is 11.0 Å². The van der Waals surface area contributed by atoms with Gasteiger partial charge in [-0.15, -0.1) is 0 Å². The molecular formula is C12H10ClF3N6OS. The molecule has 0 fully saturated rings. The predicted molar refractivity (Wildman–Crippen MR) is 84.5 cm³/mol. The van der Waals surface area contributed by atoms with Gasteiger partial charge >= 0.3 is 6.18 Å². The number of rotatable bonds is 4. The van der Waals surface area contributed by atoms with E-state index in [-0.39, 0.29) is 27.8 Å². The van der Waals surface area contributed by atoms with Crippen molar-refractivity contribution in [3.05, 3.63) is 28.8 Å². The highest BCUT2D eigenvalue weighted by molar-refractivity contribution is 7.99. The van der Waals surface area contributed by atoms with Crippen LogP contribution in [0.5, 0.6) is 0 Å². The van der Waals surface area contributed by atoms with Crippen molar-refractivity contribution in [3.63, 3.8) is 0 Å². The number of amides is 1. The van der Waals surface area contributed by atoms with Crippen molar-refractivity contribution in [2.75, 3.05) is 22.5 Å². The fourth-order valence-electron chi connectivity index (χ4n) is 1.65. The van der Waals surface area contributed by atoms with Crippen LogP contribution in [0.25, 0.3) is 0 Å². The fourth-order valence-corrected chi connectivity index (χ4v) is 2.52. The maximum absolute atomic E-state index is 12.9. The Morgan fingerprint density at radius 2 is 1.83 bits per heavy atom. The number of carbonyl (C=O) groups excluding carboxylic acids is 1. The molecule has 1 aromatic carbocycles. The first-order valence-corrected chi connectivity index (χ1v) is 7.58. The number of nitrogen functional groups attached to an aromatic ring is 2. The van der Waals surface area contributed by atoms with Crippen LogP contribution in [0.3, 0.4) is 0 Å². The third-order valence-corrected chi connectivity index (χ3v) is 3.73. The Kier molecular flexibility index (Phi) is 5.34. The number of para-hydroxylation sites is 1. The smallest absolute Gasteiger partial charge is 0.368 e. The van der Waals surface area contributed by atoms with Crippen LogP contribution in [0.4, 0.5) is 30.8 Å². The van der Waals surface area contributed by atoms with Gasteiger partial charge in [0.05, 0.1) is 22.0 Å². The maximum atomic E-state index is 12.9. The largest absolute Gasteiger partial charge is 0.418 e. The zero-order valence-electron chi connectivity index (χ0n) is 11.8. The van der Waals surface area contributed by atoms with E-state index in [0.717, 1.165) is 23.9 Å². The molecule has 0 unspecified atom stereocenters. The Balaban J connectivity index is 2.10. The summed E-state index contributed by atoms with van der Waals surface area (Å²) in [6.45, 7) is 0. The predicted octanol–water partition coefficient (Wildman–Crippen LogP) is 2.44. The highest BCUT2D eigenvalue weighted by atomic mass is 35.5. The topological polar surface area (TPSA) is 120 Å². The number of nitrogens with one attached hydrogen (secondary N) is 1. The van der Waals surface area contributed by atoms with Crippen LogP contribution in [0, 0.1) is 0 Å². The van der Waals surface area contributed by atoms with E-state index >= 15 is 0 Å². The summed E-state index contributed by atoms with van der Waals surface area (Å²) in [5.41, 5.74) is 9.21. The van der Waals surface area contributed by atoms with Gasteiger partial charge in [-0.1, -0.05) is 29.4 Å². The zero-order chi connectivity index (χ0) is 17.9. The van der Waals surface area contributed by atoms with Crippen molar-refractivity contribution in [1.82, 2.24) is 15.0 Å². The number of anilines is 3. The Morgan fingerprint density at radius 1 is 1.21 bits per heavy atom. The van der Waals surface area contributed by atoms with E-state index in [0.29, 0.717) is 0 Å². The van der Waals surface area contributed by atoms with Crippen molar-refractivity contribution in [1.29, 1.82) is 0 Å². The average molecular weight is 379 g/mol. The summed E-state index contributed by atoms with van der Waals surface area (Å²) in [7, 11) is 0. The highest BCUT2D eigenvalue weighted by Gasteiger charge is 2.34. The summed E-state index contributed by atoms with van der Waals surface area (Å²) in [6, 6.07) is 3.21. The fraction of sp³-hybridized carbons (Fsp3) is 0.167. The van der Waals surface area contributed by atoms with E-state index in [1.807, 2.05) is 0 Å². The van der Waals surface area contributed by atoms with E-state index in [1.54, 1.807) is 0 Å². The number of nitrogens with zero attached hydrogens (tertiary/aromatic N) is 3. The zero-order valence-corrected chi connectivity index (χ0v) is 13.3. The first-order chi connectivity index (χ1) is 11.2. The van der Waals surface area contributed by atoms with Gasteiger partial charge in [0.25, 0.3) is 0 Å². The van der Waals surface area contributed by atoms with E-state index < -0.39 is 23.3 Å². The van der Waals surface area contributed by atoms with Crippen molar-refractivity contribution in [2.24, 2.45) is 0 Å². The van der Waals surface area contributed by atoms with Gasteiger partial charge in [-0.05, 0) is 12.1 Å². The summed E-state index contributed by atoms with van der Waals surface area (Å²) in [4.78, 5) is 22.9. The number of halogens is 4. The van der Waals surface area contributed by atoms with Gasteiger partial charge in [-0.3, -0.25) is 4.79 Å². The molecule has 0 aliphatic carbocycles. The second kappa shape index (κ2) is 7.09. The standard InChI is InChI=1S/C12H10ClF3N6OS/c13-6-3-1-2-5(12(14,15)16)8(6)19-7(23)4-24-11-21-9(17)20-10(18)22-11/h1-3H,4H2,(H,19,23)(H4,17,18,20,21,22). The summed E-state index contributed by atoms with van der Waals surface area (Å²) in [6.07, 6.45) is -4.65. The van der Waals surface area contributed by atoms with Gasteiger partial charge in [0.2, 0.25) is 17.8 Å². The lowest BCUT2D eigenvalue weighted by atomic mass is 10.1. The second-order valence-corrected chi connectivity index (χ2v) is 5.68. The number of aromatic nitrogens is 3. The van der Waals surface area contributed by atoms with E-state index in [1.165, 1.54) is 6.07 Å². The third-order valence-electron chi connectivity index (χ3n) is 2.57. The lowest BCUT2D eigenvalue weighted by Gasteiger charge is -2.14. The molecule has 1 amide bonds. The van der Waals surface area contributed by atoms with Crippen molar-refractivity contribution < 1.29 is 18.0 Å². The van der Waals surface area contributed by atoms with E-state index in [4.69, 9.17) is 23.1 Å². The molecular weight excluding hydrogens is 369 g/mol. The normalized spacial score (nSPS) is 11.3. The molecule has 0 spiro atoms. The molecule has 1 heterocycles. The van der Waals surface area contributed by atoms with Crippen molar-refractivity contribution in [2.45, 2.75) is 11.3 Å². The molecule has 12 heteroatoms. The number of nitrogens with two attached hydrogens (primary N) is 2. The second-order valence-electron chi connectivity index (χ2n) is 4.33. The van der Waals surface area contributed by atoms with Crippen LogP contribution in [0.15, 0.2) is 23.4 Å². The van der Waals surface area contributed by atoms with Gasteiger partial charge < -0.3 is 16.8 Å². The van der Waals surface area contributed by atoms with Gasteiger partial charge in [-0.2, -0.15) is 28.1 Å². The molecule has 0 radical (unpaired) electrons. The number of thioether (sulfide) groups is 1. The number of benzene rings is 1. The van der Waals surface area contributed by atoms with Gasteiger partial charge in [0.1, 0.15) is 0 Å². The molecule has 0 bridgehead atoms. The van der Waals surface area contributed by atoms with Gasteiger partial charge in [-0.25, -0.2) is 0 Å². The molecule has 128 valence electrons. The minimum atomic E-state index is -4.65. The Bertz CT molecular complexity index is 753. The Morgan fingerprint density at radius 3 is 2.42 bits per heavy atom. The molecule has 5 N–H and O–H groups in total. The molecule has 0 saturated heterocycles. The molecule has 1 aromatic heterocycles. The molecule has 0 atom stereocenters. The lowest BCUT2D eigenvalue weighted by Crippen LogP contribution is -2.19. The molecule has 24 heavy (non-hydrogen) atoms.